The van der Waals surface area contributed by atoms with Crippen LogP contribution in [0.3, 0.4) is 0 Å². The molecule has 0 aromatic rings. The van der Waals surface area contributed by atoms with Crippen LogP contribution >= 0.6 is 0 Å². The molecule has 0 rings (SSSR count). The van der Waals surface area contributed by atoms with Gasteiger partial charge < -0.3 is 0 Å². The maximum atomic E-state index is 8.34. The first-order valence-corrected chi connectivity index (χ1v) is 6.36. The van der Waals surface area contributed by atoms with Crippen molar-refractivity contribution >= 4 is 0 Å². The first-order valence-electron chi connectivity index (χ1n) is 2.21. The molecule has 0 aliphatic carbocycles. The van der Waals surface area contributed by atoms with Crippen molar-refractivity contribution in [3.05, 3.63) is 0 Å². The van der Waals surface area contributed by atoms with Gasteiger partial charge in [-0.3, -0.25) is 0 Å². The standard InChI is InChI=1S/2C2H5.CN.Au/c3*1-2;/h2*1H2,2H3;;. The molecule has 0 heterocycles. The van der Waals surface area contributed by atoms with Gasteiger partial charge in [-0.2, -0.15) is 0 Å². The molecular weight excluding hydrogens is 271 g/mol. The molecule has 0 fully saturated rings. The Labute approximate surface area is 51.4 Å². The minimum absolute atomic E-state index is 0.943. The Bertz CT molecular complexity index is 70.6. The van der Waals surface area contributed by atoms with Crippen LogP contribution in [-0.2, 0) is 18.4 Å². The Kier molecular flexibility index (Phi) is 4.54. The Morgan fingerprint density at radius 1 is 1.43 bits per heavy atom. The van der Waals surface area contributed by atoms with E-state index in [9.17, 15) is 0 Å². The molecule has 7 heavy (non-hydrogen) atoms. The van der Waals surface area contributed by atoms with Crippen molar-refractivity contribution < 1.29 is 18.4 Å². The van der Waals surface area contributed by atoms with Gasteiger partial charge in [-0.15, -0.1) is 0 Å². The molecule has 0 saturated carbocycles. The van der Waals surface area contributed by atoms with Crippen molar-refractivity contribution in [2.24, 2.45) is 0 Å². The predicted octanol–water partition coefficient (Wildman–Crippen LogP) is 1.96. The Morgan fingerprint density at radius 3 is 1.86 bits per heavy atom. The van der Waals surface area contributed by atoms with Gasteiger partial charge in [0.15, 0.2) is 0 Å². The molecule has 0 radical (unpaired) electrons. The number of hydrogen-bond donors (Lipinski definition) is 0. The van der Waals surface area contributed by atoms with E-state index < -0.39 is 18.4 Å². The number of rotatable bonds is 2. The zero-order chi connectivity index (χ0) is 5.70. The summed E-state index contributed by atoms with van der Waals surface area (Å²) in [6, 6.07) is 0. The van der Waals surface area contributed by atoms with Gasteiger partial charge in [0, 0.05) is 0 Å². The monoisotopic (exact) mass is 281 g/mol. The molecule has 46 valence electrons. The number of nitriles is 1. The van der Waals surface area contributed by atoms with Gasteiger partial charge in [-0.05, 0) is 0 Å². The molecule has 0 atom stereocenters. The SMILES string of the molecule is C[CH2][Au]([C]#N)[CH2]C. The second kappa shape index (κ2) is 4.39. The maximum absolute atomic E-state index is 8.34. The average molecular weight is 281 g/mol. The van der Waals surface area contributed by atoms with Crippen LogP contribution in [0.4, 0.5) is 0 Å². The summed E-state index contributed by atoms with van der Waals surface area (Å²) in [7, 11) is 0. The quantitative estimate of drug-likeness (QED) is 0.710. The molecular formula is C5H10AuN. The fourth-order valence-corrected chi connectivity index (χ4v) is 2.01. The predicted molar refractivity (Wildman–Crippen MR) is 26.6 cm³/mol. The molecule has 0 saturated heterocycles. The summed E-state index contributed by atoms with van der Waals surface area (Å²) in [5.41, 5.74) is 0. The summed E-state index contributed by atoms with van der Waals surface area (Å²) in [4.78, 5) is 0. The molecule has 1 nitrogen and oxygen atoms in total. The molecule has 0 spiro atoms. The van der Waals surface area contributed by atoms with Crippen LogP contribution in [0, 0.1) is 9.55 Å². The van der Waals surface area contributed by atoms with Crippen LogP contribution in [0.1, 0.15) is 13.8 Å². The second-order valence-electron chi connectivity index (χ2n) is 0.858. The van der Waals surface area contributed by atoms with Gasteiger partial charge in [0.2, 0.25) is 0 Å². The Morgan fingerprint density at radius 2 is 1.86 bits per heavy atom. The van der Waals surface area contributed by atoms with Crippen LogP contribution < -0.4 is 0 Å². The van der Waals surface area contributed by atoms with Crippen molar-refractivity contribution in [3.63, 3.8) is 0 Å². The van der Waals surface area contributed by atoms with Gasteiger partial charge in [0.25, 0.3) is 0 Å². The van der Waals surface area contributed by atoms with Crippen molar-refractivity contribution in [2.75, 3.05) is 0 Å². The first-order chi connectivity index (χ1) is 3.35. The van der Waals surface area contributed by atoms with Crippen molar-refractivity contribution in [3.8, 4) is 4.29 Å². The first kappa shape index (κ1) is 7.23. The third-order valence-electron chi connectivity index (χ3n) is 0.610. The summed E-state index contributed by atoms with van der Waals surface area (Å²) in [5, 5.41) is 8.34. The van der Waals surface area contributed by atoms with Crippen molar-refractivity contribution in [1.29, 1.82) is 5.26 Å². The summed E-state index contributed by atoms with van der Waals surface area (Å²) >= 11 is -0.943. The molecule has 0 aromatic heterocycles. The van der Waals surface area contributed by atoms with E-state index in [0.717, 1.165) is 9.28 Å². The minimum atomic E-state index is -0.943. The van der Waals surface area contributed by atoms with Gasteiger partial charge >= 0.3 is 51.1 Å². The fraction of sp³-hybridized carbons (Fsp3) is 0.800. The zero-order valence-corrected chi connectivity index (χ0v) is 6.83. The van der Waals surface area contributed by atoms with Crippen LogP contribution in [0.2, 0.25) is 9.28 Å². The van der Waals surface area contributed by atoms with E-state index in [1.807, 2.05) is 0 Å². The molecule has 0 unspecified atom stereocenters. The molecule has 0 bridgehead atoms. The Balaban J connectivity index is 3.23. The van der Waals surface area contributed by atoms with Crippen molar-refractivity contribution in [2.45, 2.75) is 23.1 Å². The molecule has 0 aliphatic rings. The van der Waals surface area contributed by atoms with E-state index in [2.05, 4.69) is 18.1 Å². The molecule has 0 aromatic carbocycles. The molecule has 0 aliphatic heterocycles. The average Bonchev–Trinajstić information content (AvgIpc) is 1.72. The van der Waals surface area contributed by atoms with Gasteiger partial charge in [-0.1, -0.05) is 0 Å². The summed E-state index contributed by atoms with van der Waals surface area (Å²) < 4.78 is 4.63. The summed E-state index contributed by atoms with van der Waals surface area (Å²) in [5.74, 6) is 0. The van der Waals surface area contributed by atoms with Crippen LogP contribution in [0.5, 0.6) is 0 Å². The van der Waals surface area contributed by atoms with Crippen LogP contribution in [0.15, 0.2) is 0 Å². The summed E-state index contributed by atoms with van der Waals surface area (Å²) in [6.45, 7) is 4.21. The van der Waals surface area contributed by atoms with Crippen LogP contribution in [-0.4, -0.2) is 0 Å². The topological polar surface area (TPSA) is 23.8 Å². The number of hydrogen-bond acceptors (Lipinski definition) is 1. The normalized spacial score (nSPS) is 10.1. The van der Waals surface area contributed by atoms with Gasteiger partial charge in [0.05, 0.1) is 0 Å². The fourth-order valence-electron chi connectivity index (χ4n) is 0.246. The van der Waals surface area contributed by atoms with E-state index in [1.165, 1.54) is 0 Å². The Hall–Kier alpha value is 0.230. The van der Waals surface area contributed by atoms with E-state index in [4.69, 9.17) is 5.26 Å². The molecule has 0 amide bonds. The van der Waals surface area contributed by atoms with E-state index in [1.54, 1.807) is 0 Å². The molecule has 0 N–H and O–H groups in total. The molecule has 2 heteroatoms. The number of nitrogens with zero attached hydrogens (tertiary/aromatic N) is 1. The summed E-state index contributed by atoms with van der Waals surface area (Å²) in [6.07, 6.45) is 0. The van der Waals surface area contributed by atoms with E-state index in [-0.39, 0.29) is 0 Å². The third kappa shape index (κ3) is 2.87. The third-order valence-corrected chi connectivity index (χ3v) is 4.99. The van der Waals surface area contributed by atoms with E-state index in [0.29, 0.717) is 0 Å². The van der Waals surface area contributed by atoms with Gasteiger partial charge in [-0.25, -0.2) is 0 Å². The second-order valence-corrected chi connectivity index (χ2v) is 7.02. The van der Waals surface area contributed by atoms with E-state index >= 15 is 0 Å². The van der Waals surface area contributed by atoms with Gasteiger partial charge in [0.1, 0.15) is 0 Å². The van der Waals surface area contributed by atoms with Crippen molar-refractivity contribution in [1.82, 2.24) is 0 Å². The van der Waals surface area contributed by atoms with Crippen LogP contribution in [0.25, 0.3) is 0 Å². The zero-order valence-electron chi connectivity index (χ0n) is 4.66.